The number of alkyl carbamates (subject to hydrolysis) is 1. The van der Waals surface area contributed by atoms with Crippen LogP contribution in [0.15, 0.2) is 21.5 Å². The number of morpholine rings is 1. The summed E-state index contributed by atoms with van der Waals surface area (Å²) in [6, 6.07) is 4.10. The molecular weight excluding hydrogens is 525 g/mol. The minimum Gasteiger partial charge on any atom is -0.465 e. The van der Waals surface area contributed by atoms with Crippen LogP contribution in [-0.2, 0) is 9.47 Å². The molecule has 1 atom stereocenters. The summed E-state index contributed by atoms with van der Waals surface area (Å²) in [5.74, 6) is 2.58. The van der Waals surface area contributed by atoms with Crippen molar-refractivity contribution >= 4 is 36.0 Å². The molecule has 0 aliphatic carbocycles. The van der Waals surface area contributed by atoms with Gasteiger partial charge in [-0.25, -0.2) is 4.79 Å². The molecule has 1 unspecified atom stereocenters. The lowest BCUT2D eigenvalue weighted by atomic mass is 10.1. The number of carbonyl (C=O) groups is 1. The Morgan fingerprint density at radius 1 is 1.19 bits per heavy atom. The van der Waals surface area contributed by atoms with Gasteiger partial charge in [-0.05, 0) is 53.2 Å². The third-order valence-corrected chi connectivity index (χ3v) is 4.66. The SMILES string of the molecule is CCNC(=NCC(c1ccc(C)o1)N1CCOCC1)NCCCNC(=O)OC(C)(C)C.I. The standard InChI is InChI=1S/C22H39N5O4.HI/c1-6-23-20(24-10-7-11-25-21(28)31-22(3,4)5)26-16-18(19-9-8-17(2)30-19)27-12-14-29-15-13-27;/h8-9,18H,6-7,10-16H2,1-5H3,(H,25,28)(H2,23,24,26);1H. The van der Waals surface area contributed by atoms with Crippen LogP contribution in [0.25, 0.3) is 0 Å². The van der Waals surface area contributed by atoms with Crippen LogP contribution in [0.5, 0.6) is 0 Å². The first-order chi connectivity index (χ1) is 14.8. The Labute approximate surface area is 209 Å². The average Bonchev–Trinajstić information content (AvgIpc) is 3.13. The summed E-state index contributed by atoms with van der Waals surface area (Å²) in [5, 5.41) is 9.38. The number of nitrogens with one attached hydrogen (secondary N) is 3. The molecule has 0 radical (unpaired) electrons. The van der Waals surface area contributed by atoms with Crippen LogP contribution in [0.1, 0.15) is 51.7 Å². The van der Waals surface area contributed by atoms with Crippen LogP contribution >= 0.6 is 24.0 Å². The van der Waals surface area contributed by atoms with Gasteiger partial charge in [0.2, 0.25) is 0 Å². The molecule has 9 nitrogen and oxygen atoms in total. The van der Waals surface area contributed by atoms with E-state index in [0.29, 0.717) is 19.6 Å². The Bertz CT molecular complexity index is 699. The monoisotopic (exact) mass is 565 g/mol. The highest BCUT2D eigenvalue weighted by atomic mass is 127. The molecular formula is C22H40IN5O4. The Hall–Kier alpha value is -1.53. The van der Waals surface area contributed by atoms with E-state index in [2.05, 4.69) is 20.9 Å². The van der Waals surface area contributed by atoms with E-state index in [1.54, 1.807) is 0 Å². The fraction of sp³-hybridized carbons (Fsp3) is 0.727. The lowest BCUT2D eigenvalue weighted by Crippen LogP contribution is -2.42. The van der Waals surface area contributed by atoms with Crippen LogP contribution < -0.4 is 16.0 Å². The molecule has 184 valence electrons. The number of furan rings is 1. The van der Waals surface area contributed by atoms with Crippen LogP contribution in [0, 0.1) is 6.92 Å². The molecule has 1 aromatic rings. The minimum absolute atomic E-state index is 0. The molecule has 1 aliphatic heterocycles. The Morgan fingerprint density at radius 3 is 2.47 bits per heavy atom. The first kappa shape index (κ1) is 28.5. The topological polar surface area (TPSA) is 100 Å². The lowest BCUT2D eigenvalue weighted by molar-refractivity contribution is 0.0135. The number of hydrogen-bond acceptors (Lipinski definition) is 6. The van der Waals surface area contributed by atoms with E-state index in [1.165, 1.54) is 0 Å². The first-order valence-corrected chi connectivity index (χ1v) is 11.2. The maximum absolute atomic E-state index is 11.7. The summed E-state index contributed by atoms with van der Waals surface area (Å²) in [6.07, 6.45) is 0.365. The highest BCUT2D eigenvalue weighted by molar-refractivity contribution is 14.0. The number of aryl methyl sites for hydroxylation is 1. The van der Waals surface area contributed by atoms with Gasteiger partial charge in [-0.3, -0.25) is 9.89 Å². The molecule has 10 heteroatoms. The van der Waals surface area contributed by atoms with Gasteiger partial charge in [-0.1, -0.05) is 0 Å². The Kier molecular flexibility index (Phi) is 13.0. The molecule has 1 aliphatic rings. The average molecular weight is 565 g/mol. The normalized spacial score (nSPS) is 16.1. The number of carbonyl (C=O) groups excluding carboxylic acids is 1. The van der Waals surface area contributed by atoms with Crippen molar-refractivity contribution in [2.45, 2.75) is 52.7 Å². The van der Waals surface area contributed by atoms with Crippen molar-refractivity contribution in [3.63, 3.8) is 0 Å². The van der Waals surface area contributed by atoms with Crippen LogP contribution in [0.2, 0.25) is 0 Å². The van der Waals surface area contributed by atoms with E-state index >= 15 is 0 Å². The molecule has 1 fully saturated rings. The second-order valence-electron chi connectivity index (χ2n) is 8.54. The zero-order chi connectivity index (χ0) is 22.7. The predicted octanol–water partition coefficient (Wildman–Crippen LogP) is 3.05. The highest BCUT2D eigenvalue weighted by Gasteiger charge is 2.25. The third-order valence-electron chi connectivity index (χ3n) is 4.66. The number of halogens is 1. The van der Waals surface area contributed by atoms with Crippen molar-refractivity contribution in [2.75, 3.05) is 52.5 Å². The number of ether oxygens (including phenoxy) is 2. The van der Waals surface area contributed by atoms with E-state index in [1.807, 2.05) is 46.8 Å². The third kappa shape index (κ3) is 10.9. The molecule has 0 spiro atoms. The van der Waals surface area contributed by atoms with Gasteiger partial charge in [0, 0.05) is 32.7 Å². The molecule has 0 aromatic carbocycles. The predicted molar refractivity (Wildman–Crippen MR) is 137 cm³/mol. The fourth-order valence-electron chi connectivity index (χ4n) is 3.23. The van der Waals surface area contributed by atoms with Crippen molar-refractivity contribution in [1.29, 1.82) is 0 Å². The van der Waals surface area contributed by atoms with Gasteiger partial charge in [-0.15, -0.1) is 24.0 Å². The van der Waals surface area contributed by atoms with Gasteiger partial charge in [-0.2, -0.15) is 0 Å². The van der Waals surface area contributed by atoms with Crippen molar-refractivity contribution in [3.8, 4) is 0 Å². The fourth-order valence-corrected chi connectivity index (χ4v) is 3.23. The summed E-state index contributed by atoms with van der Waals surface area (Å²) in [7, 11) is 0. The molecule has 1 aromatic heterocycles. The zero-order valence-electron chi connectivity index (χ0n) is 20.0. The summed E-state index contributed by atoms with van der Waals surface area (Å²) < 4.78 is 16.7. The minimum atomic E-state index is -0.489. The zero-order valence-corrected chi connectivity index (χ0v) is 22.4. The van der Waals surface area contributed by atoms with E-state index in [4.69, 9.17) is 18.9 Å². The van der Waals surface area contributed by atoms with E-state index < -0.39 is 11.7 Å². The largest absolute Gasteiger partial charge is 0.465 e. The molecule has 1 saturated heterocycles. The van der Waals surface area contributed by atoms with E-state index in [0.717, 1.165) is 56.7 Å². The Morgan fingerprint density at radius 2 is 1.88 bits per heavy atom. The van der Waals surface area contributed by atoms with Gasteiger partial charge in [0.05, 0.1) is 25.8 Å². The number of hydrogen-bond donors (Lipinski definition) is 3. The van der Waals surface area contributed by atoms with Crippen LogP contribution in [-0.4, -0.2) is 75.0 Å². The van der Waals surface area contributed by atoms with Crippen molar-refractivity contribution in [2.24, 2.45) is 4.99 Å². The highest BCUT2D eigenvalue weighted by Crippen LogP contribution is 2.24. The molecule has 0 bridgehead atoms. The molecule has 3 N–H and O–H groups in total. The van der Waals surface area contributed by atoms with Gasteiger partial charge in [0.15, 0.2) is 5.96 Å². The number of rotatable bonds is 9. The van der Waals surface area contributed by atoms with Gasteiger partial charge < -0.3 is 29.8 Å². The number of guanidine groups is 1. The van der Waals surface area contributed by atoms with Crippen LogP contribution in [0.4, 0.5) is 4.79 Å². The summed E-state index contributed by atoms with van der Waals surface area (Å²) in [6.45, 7) is 15.3. The molecule has 1 amide bonds. The van der Waals surface area contributed by atoms with Crippen molar-refractivity contribution in [1.82, 2.24) is 20.9 Å². The van der Waals surface area contributed by atoms with Gasteiger partial charge in [0.1, 0.15) is 17.1 Å². The van der Waals surface area contributed by atoms with Gasteiger partial charge in [0.25, 0.3) is 0 Å². The maximum Gasteiger partial charge on any atom is 0.407 e. The number of nitrogens with zero attached hydrogens (tertiary/aromatic N) is 2. The molecule has 2 rings (SSSR count). The molecule has 2 heterocycles. The number of aliphatic imine (C=N–C) groups is 1. The van der Waals surface area contributed by atoms with Gasteiger partial charge >= 0.3 is 6.09 Å². The second kappa shape index (κ2) is 14.6. The van der Waals surface area contributed by atoms with E-state index in [9.17, 15) is 4.79 Å². The maximum atomic E-state index is 11.7. The second-order valence-corrected chi connectivity index (χ2v) is 8.54. The smallest absolute Gasteiger partial charge is 0.407 e. The number of amides is 1. The quantitative estimate of drug-likeness (QED) is 0.183. The van der Waals surface area contributed by atoms with Crippen molar-refractivity contribution in [3.05, 3.63) is 23.7 Å². The van der Waals surface area contributed by atoms with Crippen molar-refractivity contribution < 1.29 is 18.7 Å². The summed E-state index contributed by atoms with van der Waals surface area (Å²) in [4.78, 5) is 18.9. The lowest BCUT2D eigenvalue weighted by Gasteiger charge is -2.32. The molecule has 32 heavy (non-hydrogen) atoms. The Balaban J connectivity index is 0.00000512. The van der Waals surface area contributed by atoms with Crippen LogP contribution in [0.3, 0.4) is 0 Å². The summed E-state index contributed by atoms with van der Waals surface area (Å²) >= 11 is 0. The first-order valence-electron chi connectivity index (χ1n) is 11.2. The van der Waals surface area contributed by atoms with E-state index in [-0.39, 0.29) is 30.0 Å². The molecule has 0 saturated carbocycles. The summed E-state index contributed by atoms with van der Waals surface area (Å²) in [5.41, 5.74) is -0.489.